The lowest BCUT2D eigenvalue weighted by molar-refractivity contribution is 0.0906. The van der Waals surface area contributed by atoms with Crippen molar-refractivity contribution in [3.05, 3.63) is 20.8 Å². The highest BCUT2D eigenvalue weighted by molar-refractivity contribution is 9.13. The first-order valence-corrected chi connectivity index (χ1v) is 6.19. The summed E-state index contributed by atoms with van der Waals surface area (Å²) >= 11 is 6.80. The third-order valence-corrected chi connectivity index (χ3v) is 4.44. The fraction of sp³-hybridized carbons (Fsp3) is 0.444. The number of nitrogens with zero attached hydrogens (tertiary/aromatic N) is 1. The highest BCUT2D eigenvalue weighted by atomic mass is 79.9. The molecule has 4 nitrogen and oxygen atoms in total. The molecule has 1 atom stereocenters. The summed E-state index contributed by atoms with van der Waals surface area (Å²) in [6.07, 6.45) is 0.632. The van der Waals surface area contributed by atoms with Crippen LogP contribution in [0.2, 0.25) is 0 Å². The Morgan fingerprint density at radius 3 is 3.00 bits per heavy atom. The Bertz CT molecular complexity index is 403. The highest BCUT2D eigenvalue weighted by Crippen LogP contribution is 2.33. The van der Waals surface area contributed by atoms with Gasteiger partial charge >= 0.3 is 0 Å². The van der Waals surface area contributed by atoms with Gasteiger partial charge in [0.15, 0.2) is 0 Å². The second kappa shape index (κ2) is 4.27. The number of nitrogens with one attached hydrogen (secondary N) is 1. The monoisotopic (exact) mass is 336 g/mol. The van der Waals surface area contributed by atoms with Crippen LogP contribution in [0.5, 0.6) is 0 Å². The molecule has 0 spiro atoms. The maximum atomic E-state index is 11.6. The largest absolute Gasteiger partial charge is 0.396 e. The smallest absolute Gasteiger partial charge is 0.268 e. The van der Waals surface area contributed by atoms with E-state index in [1.165, 1.54) is 0 Å². The molecule has 1 aliphatic rings. The fourth-order valence-corrected chi connectivity index (χ4v) is 2.78. The third-order valence-electron chi connectivity index (χ3n) is 2.49. The van der Waals surface area contributed by atoms with E-state index < -0.39 is 0 Å². The number of fused-ring (bicyclic) bond motifs is 1. The van der Waals surface area contributed by atoms with Crippen molar-refractivity contribution in [1.82, 2.24) is 9.88 Å². The Morgan fingerprint density at radius 1 is 1.60 bits per heavy atom. The zero-order chi connectivity index (χ0) is 11.0. The fourth-order valence-electron chi connectivity index (χ4n) is 1.77. The Balaban J connectivity index is 2.46. The molecule has 1 amide bonds. The molecule has 0 unspecified atom stereocenters. The summed E-state index contributed by atoms with van der Waals surface area (Å²) in [7, 11) is 0. The summed E-state index contributed by atoms with van der Waals surface area (Å²) in [6.45, 7) is 0.675. The van der Waals surface area contributed by atoms with Gasteiger partial charge in [0.1, 0.15) is 5.69 Å². The van der Waals surface area contributed by atoms with E-state index in [9.17, 15) is 4.79 Å². The molecule has 2 rings (SSSR count). The number of aromatic nitrogens is 1. The molecule has 0 saturated carbocycles. The van der Waals surface area contributed by atoms with E-state index in [2.05, 4.69) is 37.2 Å². The molecule has 82 valence electrons. The Hall–Kier alpha value is -0.330. The first-order chi connectivity index (χ1) is 7.15. The van der Waals surface area contributed by atoms with E-state index in [0.717, 1.165) is 9.08 Å². The second-order valence-electron chi connectivity index (χ2n) is 3.41. The summed E-state index contributed by atoms with van der Waals surface area (Å²) in [4.78, 5) is 11.6. The lowest BCUT2D eigenvalue weighted by Crippen LogP contribution is -2.39. The van der Waals surface area contributed by atoms with Crippen LogP contribution < -0.4 is 5.32 Å². The molecule has 1 aromatic heterocycles. The molecule has 0 radical (unpaired) electrons. The van der Waals surface area contributed by atoms with E-state index in [1.54, 1.807) is 6.07 Å². The quantitative estimate of drug-likeness (QED) is 0.862. The minimum Gasteiger partial charge on any atom is -0.396 e. The van der Waals surface area contributed by atoms with Crippen molar-refractivity contribution in [2.24, 2.45) is 0 Å². The number of halogens is 2. The number of aliphatic hydroxyl groups excluding tert-OH is 1. The lowest BCUT2D eigenvalue weighted by atomic mass is 10.1. The Labute approximate surface area is 104 Å². The number of hydrogen-bond acceptors (Lipinski definition) is 2. The Kier molecular flexibility index (Phi) is 3.18. The van der Waals surface area contributed by atoms with Crippen LogP contribution in [-0.4, -0.2) is 28.7 Å². The molecule has 0 aromatic carbocycles. The Morgan fingerprint density at radius 2 is 2.33 bits per heavy atom. The first-order valence-electron chi connectivity index (χ1n) is 4.60. The standard InChI is InChI=1S/C9H10Br2N2O2/c10-6-3-7-9(15)12-4-5(1-2-14)13(7)8(6)11/h3,5,14H,1-2,4H2,(H,12,15)/t5-/m0/s1. The van der Waals surface area contributed by atoms with Crippen LogP contribution in [0.3, 0.4) is 0 Å². The number of carbonyl (C=O) groups is 1. The van der Waals surface area contributed by atoms with E-state index >= 15 is 0 Å². The zero-order valence-electron chi connectivity index (χ0n) is 7.83. The second-order valence-corrected chi connectivity index (χ2v) is 5.02. The van der Waals surface area contributed by atoms with Crippen molar-refractivity contribution < 1.29 is 9.90 Å². The summed E-state index contributed by atoms with van der Waals surface area (Å²) in [5.74, 6) is -0.0735. The van der Waals surface area contributed by atoms with Crippen molar-refractivity contribution in [2.45, 2.75) is 12.5 Å². The molecule has 1 aliphatic heterocycles. The van der Waals surface area contributed by atoms with Gasteiger partial charge in [0.2, 0.25) is 0 Å². The predicted octanol–water partition coefficient (Wildman–Crippen LogP) is 1.68. The van der Waals surface area contributed by atoms with Gasteiger partial charge in [0.25, 0.3) is 5.91 Å². The molecule has 1 aromatic rings. The van der Waals surface area contributed by atoms with Crippen LogP contribution in [0.1, 0.15) is 23.0 Å². The van der Waals surface area contributed by atoms with Crippen molar-refractivity contribution in [2.75, 3.05) is 13.2 Å². The molecule has 0 bridgehead atoms. The van der Waals surface area contributed by atoms with Crippen molar-refractivity contribution in [1.29, 1.82) is 0 Å². The average molecular weight is 338 g/mol. The van der Waals surface area contributed by atoms with Gasteiger partial charge in [0, 0.05) is 13.2 Å². The van der Waals surface area contributed by atoms with Crippen LogP contribution in [0.4, 0.5) is 0 Å². The zero-order valence-corrected chi connectivity index (χ0v) is 11.0. The average Bonchev–Trinajstić information content (AvgIpc) is 2.50. The van der Waals surface area contributed by atoms with Crippen LogP contribution in [0.25, 0.3) is 0 Å². The van der Waals surface area contributed by atoms with Gasteiger partial charge in [-0.25, -0.2) is 0 Å². The van der Waals surface area contributed by atoms with Gasteiger partial charge in [-0.05, 0) is 44.3 Å². The predicted molar refractivity (Wildman–Crippen MR) is 62.9 cm³/mol. The molecular weight excluding hydrogens is 328 g/mol. The van der Waals surface area contributed by atoms with Crippen molar-refractivity contribution in [3.63, 3.8) is 0 Å². The third kappa shape index (κ3) is 1.86. The molecule has 6 heteroatoms. The van der Waals surface area contributed by atoms with Gasteiger partial charge in [-0.1, -0.05) is 0 Å². The van der Waals surface area contributed by atoms with Gasteiger partial charge in [0.05, 0.1) is 15.1 Å². The van der Waals surface area contributed by atoms with Crippen molar-refractivity contribution in [3.8, 4) is 0 Å². The van der Waals surface area contributed by atoms with Crippen molar-refractivity contribution >= 4 is 37.8 Å². The molecule has 0 aliphatic carbocycles. The molecule has 2 heterocycles. The maximum Gasteiger partial charge on any atom is 0.268 e. The summed E-state index contributed by atoms with van der Waals surface area (Å²) < 4.78 is 3.63. The molecule has 0 fully saturated rings. The molecule has 15 heavy (non-hydrogen) atoms. The number of amides is 1. The molecular formula is C9H10Br2N2O2. The molecule has 2 N–H and O–H groups in total. The van der Waals surface area contributed by atoms with Gasteiger partial charge in [-0.3, -0.25) is 4.79 Å². The maximum absolute atomic E-state index is 11.6. The van der Waals surface area contributed by atoms with Gasteiger partial charge in [-0.2, -0.15) is 0 Å². The first kappa shape index (κ1) is 11.2. The van der Waals surface area contributed by atoms with E-state index in [0.29, 0.717) is 18.7 Å². The minimum atomic E-state index is -0.0735. The van der Waals surface area contributed by atoms with E-state index in [1.807, 2.05) is 4.57 Å². The molecule has 0 saturated heterocycles. The van der Waals surface area contributed by atoms with Crippen LogP contribution in [0.15, 0.2) is 15.1 Å². The SMILES string of the molecule is O=C1NC[C@H](CCO)n2c1cc(Br)c2Br. The number of aliphatic hydroxyl groups is 1. The lowest BCUT2D eigenvalue weighted by Gasteiger charge is -2.26. The highest BCUT2D eigenvalue weighted by Gasteiger charge is 2.27. The normalized spacial score (nSPS) is 19.9. The van der Waals surface area contributed by atoms with Crippen LogP contribution in [0, 0.1) is 0 Å². The van der Waals surface area contributed by atoms with E-state index in [-0.39, 0.29) is 18.6 Å². The number of carbonyl (C=O) groups excluding carboxylic acids is 1. The minimum absolute atomic E-state index is 0.0735. The summed E-state index contributed by atoms with van der Waals surface area (Å²) in [5.41, 5.74) is 0.624. The number of hydrogen-bond donors (Lipinski definition) is 2. The topological polar surface area (TPSA) is 54.3 Å². The van der Waals surface area contributed by atoms with Gasteiger partial charge in [-0.15, -0.1) is 0 Å². The van der Waals surface area contributed by atoms with E-state index in [4.69, 9.17) is 5.11 Å². The van der Waals surface area contributed by atoms with Crippen LogP contribution in [-0.2, 0) is 0 Å². The summed E-state index contributed by atoms with van der Waals surface area (Å²) in [6, 6.07) is 1.89. The van der Waals surface area contributed by atoms with Gasteiger partial charge < -0.3 is 15.0 Å². The van der Waals surface area contributed by atoms with Crippen LogP contribution >= 0.6 is 31.9 Å². The summed E-state index contributed by atoms with van der Waals surface area (Å²) in [5, 5.41) is 11.8. The number of rotatable bonds is 2.